The Kier molecular flexibility index (Phi) is 6.51. The highest BCUT2D eigenvalue weighted by Crippen LogP contribution is 2.20. The van der Waals surface area contributed by atoms with E-state index in [0.29, 0.717) is 37.5 Å². The van der Waals surface area contributed by atoms with Crippen LogP contribution in [0.15, 0.2) is 35.2 Å². The number of amides is 1. The molecule has 8 heteroatoms. The van der Waals surface area contributed by atoms with Crippen molar-refractivity contribution in [2.45, 2.75) is 57.5 Å². The van der Waals surface area contributed by atoms with Gasteiger partial charge in [-0.25, -0.2) is 8.42 Å². The first-order chi connectivity index (χ1) is 13.4. The third-order valence-electron chi connectivity index (χ3n) is 5.02. The molecule has 1 aromatic carbocycles. The predicted molar refractivity (Wildman–Crippen MR) is 107 cm³/mol. The van der Waals surface area contributed by atoms with E-state index in [9.17, 15) is 13.2 Å². The summed E-state index contributed by atoms with van der Waals surface area (Å²) < 4.78 is 28.7. The van der Waals surface area contributed by atoms with Crippen LogP contribution in [0.1, 0.15) is 42.6 Å². The van der Waals surface area contributed by atoms with E-state index >= 15 is 0 Å². The summed E-state index contributed by atoms with van der Waals surface area (Å²) in [5, 5.41) is 7.22. The number of nitrogens with one attached hydrogen (secondary N) is 1. The Morgan fingerprint density at radius 2 is 1.79 bits per heavy atom. The summed E-state index contributed by atoms with van der Waals surface area (Å²) in [6.45, 7) is 6.00. The second-order valence-corrected chi connectivity index (χ2v) is 9.22. The number of carbonyl (C=O) groups is 1. The third kappa shape index (κ3) is 4.99. The van der Waals surface area contributed by atoms with E-state index in [-0.39, 0.29) is 5.91 Å². The van der Waals surface area contributed by atoms with Gasteiger partial charge in [0.2, 0.25) is 15.9 Å². The second-order valence-electron chi connectivity index (χ2n) is 7.29. The molecular weight excluding hydrogens is 376 g/mol. The van der Waals surface area contributed by atoms with Crippen LogP contribution in [0.2, 0.25) is 0 Å². The molecule has 1 aromatic heterocycles. The number of nitrogens with zero attached hydrogens (tertiary/aromatic N) is 3. The van der Waals surface area contributed by atoms with Gasteiger partial charge in [0.1, 0.15) is 0 Å². The monoisotopic (exact) mass is 404 g/mol. The number of sulfonamides is 1. The van der Waals surface area contributed by atoms with Crippen LogP contribution in [-0.4, -0.2) is 41.5 Å². The fourth-order valence-electron chi connectivity index (χ4n) is 3.43. The zero-order valence-electron chi connectivity index (χ0n) is 16.5. The molecule has 0 spiro atoms. The summed E-state index contributed by atoms with van der Waals surface area (Å²) in [6.07, 6.45) is 3.27. The van der Waals surface area contributed by atoms with E-state index in [0.717, 1.165) is 36.2 Å². The van der Waals surface area contributed by atoms with Crippen LogP contribution in [-0.2, 0) is 27.9 Å². The molecule has 0 aliphatic carbocycles. The normalized spacial score (nSPS) is 15.5. The van der Waals surface area contributed by atoms with Gasteiger partial charge in [0.05, 0.1) is 10.6 Å². The molecule has 0 saturated carbocycles. The minimum atomic E-state index is -3.42. The number of hydrogen-bond donors (Lipinski definition) is 1. The first kappa shape index (κ1) is 20.5. The highest BCUT2D eigenvalue weighted by molar-refractivity contribution is 7.89. The van der Waals surface area contributed by atoms with E-state index in [1.54, 1.807) is 28.6 Å². The Balaban J connectivity index is 1.51. The molecule has 1 fully saturated rings. The average molecular weight is 405 g/mol. The van der Waals surface area contributed by atoms with Crippen LogP contribution in [0.3, 0.4) is 0 Å². The largest absolute Gasteiger partial charge is 0.352 e. The molecule has 1 aliphatic heterocycles. The molecule has 1 saturated heterocycles. The van der Waals surface area contributed by atoms with Gasteiger partial charge in [0.15, 0.2) is 0 Å². The maximum atomic E-state index is 12.7. The van der Waals surface area contributed by atoms with Gasteiger partial charge in [-0.2, -0.15) is 9.40 Å². The Morgan fingerprint density at radius 3 is 2.39 bits per heavy atom. The lowest BCUT2D eigenvalue weighted by molar-refractivity contribution is -0.121. The number of rotatable bonds is 7. The molecule has 3 rings (SSSR count). The van der Waals surface area contributed by atoms with E-state index in [4.69, 9.17) is 0 Å². The number of benzene rings is 1. The number of carbonyl (C=O) groups excluding carboxylic acids is 1. The van der Waals surface area contributed by atoms with Crippen molar-refractivity contribution in [2.75, 3.05) is 13.1 Å². The van der Waals surface area contributed by atoms with Gasteiger partial charge < -0.3 is 5.32 Å². The van der Waals surface area contributed by atoms with Crippen molar-refractivity contribution in [1.82, 2.24) is 19.4 Å². The quantitative estimate of drug-likeness (QED) is 0.768. The van der Waals surface area contributed by atoms with E-state index in [1.807, 2.05) is 24.6 Å². The molecule has 0 atom stereocenters. The number of piperidine rings is 1. The van der Waals surface area contributed by atoms with Gasteiger partial charge in [0, 0.05) is 38.3 Å². The van der Waals surface area contributed by atoms with Crippen molar-refractivity contribution in [3.8, 4) is 0 Å². The Bertz CT molecular complexity index is 913. The molecule has 1 aliphatic rings. The molecule has 152 valence electrons. The molecule has 2 heterocycles. The number of aryl methyl sites for hydroxylation is 3. The van der Waals surface area contributed by atoms with Crippen LogP contribution in [0, 0.1) is 13.8 Å². The third-order valence-corrected chi connectivity index (χ3v) is 6.93. The van der Waals surface area contributed by atoms with Crippen molar-refractivity contribution >= 4 is 15.9 Å². The number of hydrogen-bond acceptors (Lipinski definition) is 4. The van der Waals surface area contributed by atoms with Gasteiger partial charge in [-0.3, -0.25) is 9.48 Å². The van der Waals surface area contributed by atoms with Gasteiger partial charge in [-0.15, -0.1) is 0 Å². The maximum absolute atomic E-state index is 12.7. The van der Waals surface area contributed by atoms with Crippen LogP contribution in [0.5, 0.6) is 0 Å². The minimum Gasteiger partial charge on any atom is -0.352 e. The first-order valence-corrected chi connectivity index (χ1v) is 11.2. The topological polar surface area (TPSA) is 84.3 Å². The fraction of sp³-hybridized carbons (Fsp3) is 0.500. The van der Waals surface area contributed by atoms with E-state index in [1.165, 1.54) is 0 Å². The summed E-state index contributed by atoms with van der Waals surface area (Å²) in [4.78, 5) is 12.4. The molecule has 2 aromatic rings. The summed E-state index contributed by atoms with van der Waals surface area (Å²) in [5.41, 5.74) is 2.85. The van der Waals surface area contributed by atoms with Crippen LogP contribution in [0.25, 0.3) is 0 Å². The predicted octanol–water partition coefficient (Wildman–Crippen LogP) is 2.38. The Morgan fingerprint density at radius 1 is 1.11 bits per heavy atom. The molecule has 0 unspecified atom stereocenters. The summed E-state index contributed by atoms with van der Waals surface area (Å²) in [5.74, 6) is -0.0578. The molecule has 28 heavy (non-hydrogen) atoms. The van der Waals surface area contributed by atoms with E-state index in [2.05, 4.69) is 10.4 Å². The molecule has 1 N–H and O–H groups in total. The van der Waals surface area contributed by atoms with Gasteiger partial charge in [-0.05, 0) is 50.5 Å². The Hall–Kier alpha value is -2.19. The second kappa shape index (κ2) is 8.87. The Labute approximate surface area is 166 Å². The van der Waals surface area contributed by atoms with Crippen molar-refractivity contribution in [1.29, 1.82) is 0 Å². The van der Waals surface area contributed by atoms with Crippen LogP contribution in [0.4, 0.5) is 0 Å². The standard InChI is InChI=1S/C20H28N4O3S/c1-16-14-17(2)24(22-16)13-10-20(25)21-15-18-6-8-19(9-7-18)28(26,27)23-11-4-3-5-12-23/h6-9,14H,3-5,10-13,15H2,1-2H3,(H,21,25). The lowest BCUT2D eigenvalue weighted by atomic mass is 10.2. The van der Waals surface area contributed by atoms with Crippen molar-refractivity contribution in [2.24, 2.45) is 0 Å². The van der Waals surface area contributed by atoms with Crippen LogP contribution >= 0.6 is 0 Å². The van der Waals surface area contributed by atoms with Gasteiger partial charge >= 0.3 is 0 Å². The van der Waals surface area contributed by atoms with Gasteiger partial charge in [0.25, 0.3) is 0 Å². The smallest absolute Gasteiger partial charge is 0.243 e. The average Bonchev–Trinajstić information content (AvgIpc) is 3.03. The van der Waals surface area contributed by atoms with E-state index < -0.39 is 10.0 Å². The highest BCUT2D eigenvalue weighted by atomic mass is 32.2. The van der Waals surface area contributed by atoms with Crippen molar-refractivity contribution in [3.05, 3.63) is 47.3 Å². The molecule has 0 bridgehead atoms. The first-order valence-electron chi connectivity index (χ1n) is 9.73. The van der Waals surface area contributed by atoms with Crippen molar-refractivity contribution < 1.29 is 13.2 Å². The zero-order chi connectivity index (χ0) is 20.1. The van der Waals surface area contributed by atoms with Gasteiger partial charge in [-0.1, -0.05) is 18.6 Å². The highest BCUT2D eigenvalue weighted by Gasteiger charge is 2.25. The SMILES string of the molecule is Cc1cc(C)n(CCC(=O)NCc2ccc(S(=O)(=O)N3CCCCC3)cc2)n1. The summed E-state index contributed by atoms with van der Waals surface area (Å²) in [6, 6.07) is 8.76. The fourth-order valence-corrected chi connectivity index (χ4v) is 4.95. The summed E-state index contributed by atoms with van der Waals surface area (Å²) in [7, 11) is -3.42. The molecule has 7 nitrogen and oxygen atoms in total. The van der Waals surface area contributed by atoms with Crippen molar-refractivity contribution in [3.63, 3.8) is 0 Å². The number of aromatic nitrogens is 2. The lowest BCUT2D eigenvalue weighted by Gasteiger charge is -2.25. The lowest BCUT2D eigenvalue weighted by Crippen LogP contribution is -2.35. The zero-order valence-corrected chi connectivity index (χ0v) is 17.3. The minimum absolute atomic E-state index is 0.0578. The maximum Gasteiger partial charge on any atom is 0.243 e. The molecule has 0 radical (unpaired) electrons. The summed E-state index contributed by atoms with van der Waals surface area (Å²) >= 11 is 0. The van der Waals surface area contributed by atoms with Crippen LogP contribution < -0.4 is 5.32 Å². The molecular formula is C20H28N4O3S. The molecule has 1 amide bonds.